The minimum atomic E-state index is -0.805. The number of nitrogens with zero attached hydrogens (tertiary/aromatic N) is 1. The number of carboxylic acids is 1. The van der Waals surface area contributed by atoms with Crippen LogP contribution in [0.3, 0.4) is 0 Å². The van der Waals surface area contributed by atoms with Gasteiger partial charge in [-0.05, 0) is 25.2 Å². The largest absolute Gasteiger partial charge is 0.481 e. The molecule has 0 radical (unpaired) electrons. The number of hydrogen-bond donors (Lipinski definition) is 2. The average Bonchev–Trinajstić information content (AvgIpc) is 2.89. The Balaban J connectivity index is 2.35. The van der Waals surface area contributed by atoms with E-state index in [0.717, 1.165) is 19.4 Å². The van der Waals surface area contributed by atoms with E-state index < -0.39 is 11.4 Å². The Hall–Kier alpha value is -1.30. The number of aliphatic carboxylic acids is 1. The fourth-order valence-corrected chi connectivity index (χ4v) is 2.63. The van der Waals surface area contributed by atoms with Gasteiger partial charge in [0.15, 0.2) is 0 Å². The molecular weight excluding hydrogens is 272 g/mol. The third-order valence-electron chi connectivity index (χ3n) is 4.21. The second-order valence-electron chi connectivity index (χ2n) is 5.99. The first-order valence-corrected chi connectivity index (χ1v) is 7.78. The Bertz CT molecular complexity index is 360. The van der Waals surface area contributed by atoms with Crippen LogP contribution in [0.4, 0.5) is 4.79 Å². The molecule has 6 nitrogen and oxygen atoms in total. The zero-order valence-electron chi connectivity index (χ0n) is 13.4. The molecule has 0 saturated carbocycles. The van der Waals surface area contributed by atoms with Gasteiger partial charge in [0.2, 0.25) is 0 Å². The highest BCUT2D eigenvalue weighted by Gasteiger charge is 2.48. The van der Waals surface area contributed by atoms with Crippen molar-refractivity contribution in [1.82, 2.24) is 10.2 Å². The Labute approximate surface area is 126 Å². The number of likely N-dealkylation sites (tertiary alicyclic amines) is 1. The number of nitrogens with one attached hydrogen (secondary N) is 1. The van der Waals surface area contributed by atoms with Gasteiger partial charge in [-0.2, -0.15) is 0 Å². The van der Waals surface area contributed by atoms with E-state index in [1.165, 1.54) is 0 Å². The summed E-state index contributed by atoms with van der Waals surface area (Å²) in [6.45, 7) is 8.59. The van der Waals surface area contributed by atoms with Crippen LogP contribution < -0.4 is 5.32 Å². The van der Waals surface area contributed by atoms with Crippen LogP contribution in [0, 0.1) is 11.3 Å². The lowest BCUT2D eigenvalue weighted by atomic mass is 9.76. The van der Waals surface area contributed by atoms with Crippen molar-refractivity contribution in [2.24, 2.45) is 11.3 Å². The van der Waals surface area contributed by atoms with Crippen molar-refractivity contribution >= 4 is 12.0 Å². The molecule has 1 aliphatic heterocycles. The molecule has 0 bridgehead atoms. The fourth-order valence-electron chi connectivity index (χ4n) is 2.63. The van der Waals surface area contributed by atoms with Gasteiger partial charge in [-0.25, -0.2) is 4.79 Å². The zero-order chi connectivity index (χ0) is 15.9. The molecule has 0 aliphatic carbocycles. The van der Waals surface area contributed by atoms with Gasteiger partial charge in [-0.3, -0.25) is 4.79 Å². The van der Waals surface area contributed by atoms with Crippen molar-refractivity contribution < 1.29 is 19.4 Å². The van der Waals surface area contributed by atoms with Crippen LogP contribution in [0.25, 0.3) is 0 Å². The first-order chi connectivity index (χ1) is 9.94. The van der Waals surface area contributed by atoms with Crippen LogP contribution in [-0.4, -0.2) is 54.9 Å². The quantitative estimate of drug-likeness (QED) is 0.672. The number of amides is 2. The van der Waals surface area contributed by atoms with Crippen LogP contribution in [0.1, 0.15) is 40.0 Å². The zero-order valence-corrected chi connectivity index (χ0v) is 13.4. The summed E-state index contributed by atoms with van der Waals surface area (Å²) in [6.07, 6.45) is 2.29. The third-order valence-corrected chi connectivity index (χ3v) is 4.21. The van der Waals surface area contributed by atoms with E-state index in [2.05, 4.69) is 12.2 Å². The number of carbonyl (C=O) groups excluding carboxylic acids is 1. The summed E-state index contributed by atoms with van der Waals surface area (Å²) in [7, 11) is 0. The van der Waals surface area contributed by atoms with Crippen LogP contribution in [0.15, 0.2) is 0 Å². The molecular formula is C15H28N2O4. The van der Waals surface area contributed by atoms with Crippen molar-refractivity contribution in [2.75, 3.05) is 32.8 Å². The van der Waals surface area contributed by atoms with Gasteiger partial charge >= 0.3 is 12.0 Å². The molecule has 1 heterocycles. The molecule has 0 aromatic heterocycles. The first kappa shape index (κ1) is 17.8. The molecule has 122 valence electrons. The lowest BCUT2D eigenvalue weighted by Crippen LogP contribution is -2.44. The number of urea groups is 1. The summed E-state index contributed by atoms with van der Waals surface area (Å²) in [5.74, 6) is -0.795. The maximum Gasteiger partial charge on any atom is 0.317 e. The second-order valence-corrected chi connectivity index (χ2v) is 5.99. The minimum absolute atomic E-state index is 0.00949. The Morgan fingerprint density at radius 3 is 2.62 bits per heavy atom. The van der Waals surface area contributed by atoms with Crippen molar-refractivity contribution in [2.45, 2.75) is 40.0 Å². The van der Waals surface area contributed by atoms with E-state index in [4.69, 9.17) is 4.74 Å². The number of ether oxygens (including phenoxy) is 1. The van der Waals surface area contributed by atoms with Crippen LogP contribution in [0.2, 0.25) is 0 Å². The lowest BCUT2D eigenvalue weighted by Gasteiger charge is -2.28. The highest BCUT2D eigenvalue weighted by atomic mass is 16.5. The number of carboxylic acid groups (broad SMARTS) is 1. The summed E-state index contributed by atoms with van der Waals surface area (Å²) in [4.78, 5) is 25.2. The molecule has 0 aromatic carbocycles. The van der Waals surface area contributed by atoms with E-state index >= 15 is 0 Å². The predicted octanol–water partition coefficient (Wildman–Crippen LogP) is 1.95. The summed E-state index contributed by atoms with van der Waals surface area (Å²) >= 11 is 0. The molecule has 1 rings (SSSR count). The molecule has 1 unspecified atom stereocenters. The number of hydrogen-bond acceptors (Lipinski definition) is 3. The summed E-state index contributed by atoms with van der Waals surface area (Å²) in [5.41, 5.74) is -0.804. The van der Waals surface area contributed by atoms with Gasteiger partial charge in [-0.1, -0.05) is 20.8 Å². The highest BCUT2D eigenvalue weighted by molar-refractivity contribution is 5.80. The Morgan fingerprint density at radius 1 is 1.38 bits per heavy atom. The van der Waals surface area contributed by atoms with Gasteiger partial charge in [-0.15, -0.1) is 0 Å². The van der Waals surface area contributed by atoms with Crippen molar-refractivity contribution in [3.05, 3.63) is 0 Å². The van der Waals surface area contributed by atoms with Crippen molar-refractivity contribution in [1.29, 1.82) is 0 Å². The van der Waals surface area contributed by atoms with Gasteiger partial charge in [0.25, 0.3) is 0 Å². The molecule has 1 aliphatic rings. The average molecular weight is 300 g/mol. The first-order valence-electron chi connectivity index (χ1n) is 7.78. The normalized spacial score (nSPS) is 21.8. The number of carbonyl (C=O) groups is 2. The standard InChI is InChI=1S/C15H28N2O4/c1-4-9-21-10-5-7-16-14(20)17-8-6-15(11-17,12(2)3)13(18)19/h12H,4-11H2,1-3H3,(H,16,20)(H,18,19). The number of rotatable bonds is 8. The highest BCUT2D eigenvalue weighted by Crippen LogP contribution is 2.38. The molecule has 1 atom stereocenters. The monoisotopic (exact) mass is 300 g/mol. The molecule has 2 N–H and O–H groups in total. The SMILES string of the molecule is CCCOCCCNC(=O)N1CCC(C(=O)O)(C(C)C)C1. The summed E-state index contributed by atoms with van der Waals surface area (Å²) < 4.78 is 5.34. The smallest absolute Gasteiger partial charge is 0.317 e. The van der Waals surface area contributed by atoms with Crippen molar-refractivity contribution in [3.8, 4) is 0 Å². The van der Waals surface area contributed by atoms with E-state index in [0.29, 0.717) is 26.1 Å². The molecule has 2 amide bonds. The Kier molecular flexibility index (Phi) is 6.95. The molecule has 0 aromatic rings. The van der Waals surface area contributed by atoms with Crippen molar-refractivity contribution in [3.63, 3.8) is 0 Å². The predicted molar refractivity (Wildman–Crippen MR) is 80.2 cm³/mol. The van der Waals surface area contributed by atoms with Crippen LogP contribution >= 0.6 is 0 Å². The molecule has 1 saturated heterocycles. The molecule has 0 spiro atoms. The van der Waals surface area contributed by atoms with E-state index in [1.807, 2.05) is 13.8 Å². The van der Waals surface area contributed by atoms with Gasteiger partial charge < -0.3 is 20.1 Å². The maximum atomic E-state index is 12.0. The Morgan fingerprint density at radius 2 is 2.10 bits per heavy atom. The lowest BCUT2D eigenvalue weighted by molar-refractivity contribution is -0.150. The summed E-state index contributed by atoms with van der Waals surface area (Å²) in [6, 6.07) is -0.172. The van der Waals surface area contributed by atoms with E-state index in [-0.39, 0.29) is 18.5 Å². The topological polar surface area (TPSA) is 78.9 Å². The summed E-state index contributed by atoms with van der Waals surface area (Å²) in [5, 5.41) is 12.3. The van der Waals surface area contributed by atoms with E-state index in [9.17, 15) is 14.7 Å². The van der Waals surface area contributed by atoms with Gasteiger partial charge in [0.05, 0.1) is 5.41 Å². The second kappa shape index (κ2) is 8.22. The van der Waals surface area contributed by atoms with Gasteiger partial charge in [0, 0.05) is 32.8 Å². The van der Waals surface area contributed by atoms with Crippen LogP contribution in [0.5, 0.6) is 0 Å². The molecule has 6 heteroatoms. The van der Waals surface area contributed by atoms with Crippen LogP contribution in [-0.2, 0) is 9.53 Å². The molecule has 1 fully saturated rings. The van der Waals surface area contributed by atoms with E-state index in [1.54, 1.807) is 4.90 Å². The maximum absolute atomic E-state index is 12.0. The molecule has 21 heavy (non-hydrogen) atoms. The minimum Gasteiger partial charge on any atom is -0.481 e. The fraction of sp³-hybridized carbons (Fsp3) is 0.867. The third kappa shape index (κ3) is 4.59. The van der Waals surface area contributed by atoms with Gasteiger partial charge in [0.1, 0.15) is 0 Å².